The predicted octanol–water partition coefficient (Wildman–Crippen LogP) is 3.09. The summed E-state index contributed by atoms with van der Waals surface area (Å²) >= 11 is 0. The fraction of sp³-hybridized carbons (Fsp3) is 0.333. The number of anilines is 1. The third kappa shape index (κ3) is 5.64. The van der Waals surface area contributed by atoms with Gasteiger partial charge in [0.25, 0.3) is 0 Å². The van der Waals surface area contributed by atoms with Crippen LogP contribution in [0.25, 0.3) is 0 Å². The molecule has 128 valence electrons. The Kier molecular flexibility index (Phi) is 6.72. The molecule has 0 bridgehead atoms. The Morgan fingerprint density at radius 2 is 1.96 bits per heavy atom. The first kappa shape index (κ1) is 17.9. The summed E-state index contributed by atoms with van der Waals surface area (Å²) in [6, 6.07) is 9.30. The first-order chi connectivity index (χ1) is 11.6. The number of ether oxygens (including phenoxy) is 3. The fourth-order valence-electron chi connectivity index (χ4n) is 1.92. The van der Waals surface area contributed by atoms with E-state index in [1.165, 1.54) is 5.56 Å². The summed E-state index contributed by atoms with van der Waals surface area (Å²) in [6.07, 6.45) is 1.55. The van der Waals surface area contributed by atoms with Crippen molar-refractivity contribution >= 4 is 11.6 Å². The topological polar surface area (TPSA) is 69.7 Å². The second kappa shape index (κ2) is 9.00. The number of benzene rings is 1. The zero-order valence-electron chi connectivity index (χ0n) is 14.2. The van der Waals surface area contributed by atoms with Crippen molar-refractivity contribution in [1.29, 1.82) is 0 Å². The molecule has 0 aliphatic heterocycles. The standard InChI is InChI=1S/C18H22N2O4/c1-13-4-6-16(10-14(13)2)24-18-7-5-15(11-19-18)20-17(21)12-23-9-8-22-3/h4-7,10-11H,8-9,12H2,1-3H3,(H,20,21). The summed E-state index contributed by atoms with van der Waals surface area (Å²) < 4.78 is 15.7. The smallest absolute Gasteiger partial charge is 0.250 e. The third-order valence-corrected chi connectivity index (χ3v) is 3.39. The monoisotopic (exact) mass is 330 g/mol. The number of rotatable bonds is 8. The summed E-state index contributed by atoms with van der Waals surface area (Å²) in [4.78, 5) is 15.9. The van der Waals surface area contributed by atoms with E-state index in [4.69, 9.17) is 14.2 Å². The Morgan fingerprint density at radius 3 is 2.62 bits per heavy atom. The largest absolute Gasteiger partial charge is 0.439 e. The van der Waals surface area contributed by atoms with Gasteiger partial charge in [-0.2, -0.15) is 0 Å². The molecule has 0 aliphatic carbocycles. The van der Waals surface area contributed by atoms with Gasteiger partial charge in [-0.3, -0.25) is 4.79 Å². The molecule has 1 amide bonds. The number of nitrogens with zero attached hydrogens (tertiary/aromatic N) is 1. The molecule has 0 radical (unpaired) electrons. The summed E-state index contributed by atoms with van der Waals surface area (Å²) in [7, 11) is 1.58. The van der Waals surface area contributed by atoms with Crippen molar-refractivity contribution in [2.45, 2.75) is 13.8 Å². The second-order valence-electron chi connectivity index (χ2n) is 5.33. The van der Waals surface area contributed by atoms with E-state index in [1.807, 2.05) is 32.0 Å². The quantitative estimate of drug-likeness (QED) is 0.753. The molecule has 1 heterocycles. The van der Waals surface area contributed by atoms with Crippen LogP contribution in [-0.4, -0.2) is 37.8 Å². The fourth-order valence-corrected chi connectivity index (χ4v) is 1.92. The van der Waals surface area contributed by atoms with Crippen molar-refractivity contribution in [3.05, 3.63) is 47.7 Å². The lowest BCUT2D eigenvalue weighted by molar-refractivity contribution is -0.121. The summed E-state index contributed by atoms with van der Waals surface area (Å²) in [5.74, 6) is 0.956. The van der Waals surface area contributed by atoms with Gasteiger partial charge in [0.2, 0.25) is 11.8 Å². The van der Waals surface area contributed by atoms with Gasteiger partial charge >= 0.3 is 0 Å². The van der Waals surface area contributed by atoms with Crippen molar-refractivity contribution in [2.24, 2.45) is 0 Å². The molecule has 2 rings (SSSR count). The Labute approximate surface area is 141 Å². The summed E-state index contributed by atoms with van der Waals surface area (Å²) in [5.41, 5.74) is 2.95. The van der Waals surface area contributed by atoms with E-state index >= 15 is 0 Å². The van der Waals surface area contributed by atoms with Crippen LogP contribution < -0.4 is 10.1 Å². The maximum absolute atomic E-state index is 11.7. The van der Waals surface area contributed by atoms with Crippen molar-refractivity contribution in [3.8, 4) is 11.6 Å². The lowest BCUT2D eigenvalue weighted by atomic mass is 10.1. The molecule has 0 unspecified atom stereocenters. The Bertz CT molecular complexity index is 671. The zero-order valence-corrected chi connectivity index (χ0v) is 14.2. The lowest BCUT2D eigenvalue weighted by Crippen LogP contribution is -2.19. The molecule has 2 aromatic rings. The minimum atomic E-state index is -0.240. The first-order valence-corrected chi connectivity index (χ1v) is 7.66. The Hall–Kier alpha value is -2.44. The van der Waals surface area contributed by atoms with E-state index < -0.39 is 0 Å². The number of carbonyl (C=O) groups excluding carboxylic acids is 1. The van der Waals surface area contributed by atoms with E-state index in [0.29, 0.717) is 24.8 Å². The molecule has 0 atom stereocenters. The van der Waals surface area contributed by atoms with Crippen LogP contribution in [0.2, 0.25) is 0 Å². The maximum Gasteiger partial charge on any atom is 0.250 e. The minimum absolute atomic E-state index is 0.0236. The number of nitrogens with one attached hydrogen (secondary N) is 1. The van der Waals surface area contributed by atoms with Crippen LogP contribution in [0.4, 0.5) is 5.69 Å². The summed E-state index contributed by atoms with van der Waals surface area (Å²) in [5, 5.41) is 2.70. The molecule has 0 aliphatic rings. The van der Waals surface area contributed by atoms with Crippen LogP contribution in [0.1, 0.15) is 11.1 Å². The van der Waals surface area contributed by atoms with Crippen LogP contribution in [0.3, 0.4) is 0 Å². The molecule has 1 aromatic heterocycles. The molecular formula is C18H22N2O4. The molecule has 6 heteroatoms. The van der Waals surface area contributed by atoms with Crippen LogP contribution in [0.15, 0.2) is 36.5 Å². The van der Waals surface area contributed by atoms with Crippen molar-refractivity contribution in [3.63, 3.8) is 0 Å². The number of amides is 1. The highest BCUT2D eigenvalue weighted by Crippen LogP contribution is 2.22. The van der Waals surface area contributed by atoms with Crippen LogP contribution in [-0.2, 0) is 14.3 Å². The summed E-state index contributed by atoms with van der Waals surface area (Å²) in [6.45, 7) is 4.89. The number of carbonyl (C=O) groups is 1. The number of pyridine rings is 1. The van der Waals surface area contributed by atoms with E-state index in [-0.39, 0.29) is 12.5 Å². The highest BCUT2D eigenvalue weighted by Gasteiger charge is 2.05. The van der Waals surface area contributed by atoms with E-state index in [2.05, 4.69) is 10.3 Å². The van der Waals surface area contributed by atoms with Gasteiger partial charge in [0.05, 0.1) is 25.1 Å². The molecule has 0 saturated carbocycles. The van der Waals surface area contributed by atoms with Crippen LogP contribution >= 0.6 is 0 Å². The zero-order chi connectivity index (χ0) is 17.4. The van der Waals surface area contributed by atoms with Crippen molar-refractivity contribution < 1.29 is 19.0 Å². The van der Waals surface area contributed by atoms with Gasteiger partial charge in [-0.25, -0.2) is 4.98 Å². The minimum Gasteiger partial charge on any atom is -0.439 e. The van der Waals surface area contributed by atoms with E-state index in [0.717, 1.165) is 11.3 Å². The highest BCUT2D eigenvalue weighted by atomic mass is 16.5. The second-order valence-corrected chi connectivity index (χ2v) is 5.33. The molecule has 0 fully saturated rings. The van der Waals surface area contributed by atoms with Gasteiger partial charge in [-0.15, -0.1) is 0 Å². The van der Waals surface area contributed by atoms with E-state index in [9.17, 15) is 4.79 Å². The van der Waals surface area contributed by atoms with Crippen molar-refractivity contribution in [1.82, 2.24) is 4.98 Å². The molecule has 0 spiro atoms. The molecule has 0 saturated heterocycles. The number of aryl methyl sites for hydroxylation is 2. The van der Waals surface area contributed by atoms with Gasteiger partial charge < -0.3 is 19.5 Å². The molecule has 24 heavy (non-hydrogen) atoms. The molecular weight excluding hydrogens is 308 g/mol. The van der Waals surface area contributed by atoms with Gasteiger partial charge in [0.1, 0.15) is 12.4 Å². The van der Waals surface area contributed by atoms with Gasteiger partial charge in [-0.1, -0.05) is 6.07 Å². The highest BCUT2D eigenvalue weighted by molar-refractivity contribution is 5.91. The first-order valence-electron chi connectivity index (χ1n) is 7.66. The van der Waals surface area contributed by atoms with Crippen molar-refractivity contribution in [2.75, 3.05) is 32.2 Å². The average molecular weight is 330 g/mol. The Balaban J connectivity index is 1.86. The molecule has 1 N–H and O–H groups in total. The maximum atomic E-state index is 11.7. The van der Waals surface area contributed by atoms with Gasteiger partial charge in [0, 0.05) is 13.2 Å². The number of methoxy groups -OCH3 is 1. The van der Waals surface area contributed by atoms with Gasteiger partial charge in [-0.05, 0) is 43.2 Å². The third-order valence-electron chi connectivity index (χ3n) is 3.39. The van der Waals surface area contributed by atoms with Crippen LogP contribution in [0, 0.1) is 13.8 Å². The number of aromatic nitrogens is 1. The molecule has 6 nitrogen and oxygen atoms in total. The number of hydrogen-bond acceptors (Lipinski definition) is 5. The van der Waals surface area contributed by atoms with Crippen LogP contribution in [0.5, 0.6) is 11.6 Å². The number of hydrogen-bond donors (Lipinski definition) is 1. The van der Waals surface area contributed by atoms with E-state index in [1.54, 1.807) is 25.4 Å². The predicted molar refractivity (Wildman–Crippen MR) is 91.6 cm³/mol. The van der Waals surface area contributed by atoms with Gasteiger partial charge in [0.15, 0.2) is 0 Å². The normalized spacial score (nSPS) is 10.5. The lowest BCUT2D eigenvalue weighted by Gasteiger charge is -2.09. The SMILES string of the molecule is COCCOCC(=O)Nc1ccc(Oc2ccc(C)c(C)c2)nc1. The average Bonchev–Trinajstić information content (AvgIpc) is 2.57. The Morgan fingerprint density at radius 1 is 1.12 bits per heavy atom. The molecule has 1 aromatic carbocycles.